The Morgan fingerprint density at radius 3 is 2.96 bits per heavy atom. The second-order valence-corrected chi connectivity index (χ2v) is 6.62. The molecule has 2 aromatic heterocycles. The van der Waals surface area contributed by atoms with Crippen molar-refractivity contribution in [3.05, 3.63) is 29.2 Å². The van der Waals surface area contributed by atoms with Gasteiger partial charge in [0.1, 0.15) is 0 Å². The minimum atomic E-state index is 0.0275. The van der Waals surface area contributed by atoms with Gasteiger partial charge in [0.15, 0.2) is 11.3 Å². The maximum absolute atomic E-state index is 13.0. The fourth-order valence-electron chi connectivity index (χ4n) is 3.57. The summed E-state index contributed by atoms with van der Waals surface area (Å²) in [5.74, 6) is 0.0275. The fraction of sp³-hybridized carbons (Fsp3) is 0.611. The van der Waals surface area contributed by atoms with E-state index in [4.69, 9.17) is 4.74 Å². The zero-order valence-electron chi connectivity index (χ0n) is 14.8. The van der Waals surface area contributed by atoms with Crippen LogP contribution in [-0.4, -0.2) is 51.7 Å². The molecule has 6 nitrogen and oxygen atoms in total. The number of hydrogen-bond acceptors (Lipinski definition) is 4. The molecule has 0 radical (unpaired) electrons. The topological polar surface area (TPSA) is 59.7 Å². The van der Waals surface area contributed by atoms with Crippen molar-refractivity contribution < 1.29 is 9.53 Å². The van der Waals surface area contributed by atoms with Crippen molar-refractivity contribution in [2.45, 2.75) is 52.0 Å². The second kappa shape index (κ2) is 7.30. The Morgan fingerprint density at radius 2 is 2.17 bits per heavy atom. The summed E-state index contributed by atoms with van der Waals surface area (Å²) in [6, 6.07) is 4.08. The maximum Gasteiger partial charge on any atom is 0.274 e. The SMILES string of the molecule is COCCC[C@H]1CCCCN1C(=O)c1cc2nc(C)cc(C)n2n1. The number of aromatic nitrogens is 3. The summed E-state index contributed by atoms with van der Waals surface area (Å²) in [4.78, 5) is 19.5. The van der Waals surface area contributed by atoms with Crippen LogP contribution in [0.15, 0.2) is 12.1 Å². The molecule has 0 saturated carbocycles. The zero-order chi connectivity index (χ0) is 17.1. The molecule has 0 bridgehead atoms. The first-order valence-electron chi connectivity index (χ1n) is 8.74. The number of fused-ring (bicyclic) bond motifs is 1. The third kappa shape index (κ3) is 3.43. The Balaban J connectivity index is 1.82. The van der Waals surface area contributed by atoms with Crippen LogP contribution in [0.25, 0.3) is 5.65 Å². The lowest BCUT2D eigenvalue weighted by molar-refractivity contribution is 0.0578. The van der Waals surface area contributed by atoms with Crippen LogP contribution in [0.3, 0.4) is 0 Å². The molecule has 24 heavy (non-hydrogen) atoms. The van der Waals surface area contributed by atoms with Crippen molar-refractivity contribution in [2.75, 3.05) is 20.3 Å². The molecule has 130 valence electrons. The number of aryl methyl sites for hydroxylation is 2. The van der Waals surface area contributed by atoms with Crippen LogP contribution in [-0.2, 0) is 4.74 Å². The molecule has 3 rings (SSSR count). The van der Waals surface area contributed by atoms with Crippen LogP contribution >= 0.6 is 0 Å². The van der Waals surface area contributed by atoms with Crippen LogP contribution in [0, 0.1) is 13.8 Å². The van der Waals surface area contributed by atoms with Crippen molar-refractivity contribution in [1.29, 1.82) is 0 Å². The van der Waals surface area contributed by atoms with E-state index in [0.717, 1.165) is 55.9 Å². The smallest absolute Gasteiger partial charge is 0.274 e. The molecule has 6 heteroatoms. The fourth-order valence-corrected chi connectivity index (χ4v) is 3.57. The van der Waals surface area contributed by atoms with Crippen molar-refractivity contribution >= 4 is 11.6 Å². The van der Waals surface area contributed by atoms with E-state index in [1.54, 1.807) is 11.6 Å². The molecular weight excluding hydrogens is 304 g/mol. The highest BCUT2D eigenvalue weighted by Gasteiger charge is 2.28. The van der Waals surface area contributed by atoms with Gasteiger partial charge in [-0.3, -0.25) is 4.79 Å². The molecule has 3 heterocycles. The number of amides is 1. The van der Waals surface area contributed by atoms with E-state index in [0.29, 0.717) is 11.7 Å². The number of carbonyl (C=O) groups excluding carboxylic acids is 1. The highest BCUT2D eigenvalue weighted by Crippen LogP contribution is 2.23. The van der Waals surface area contributed by atoms with Gasteiger partial charge in [-0.15, -0.1) is 0 Å². The number of hydrogen-bond donors (Lipinski definition) is 0. The number of rotatable bonds is 5. The van der Waals surface area contributed by atoms with Gasteiger partial charge in [0.05, 0.1) is 0 Å². The number of methoxy groups -OCH3 is 1. The largest absolute Gasteiger partial charge is 0.385 e. The van der Waals surface area contributed by atoms with Gasteiger partial charge in [-0.05, 0) is 52.0 Å². The lowest BCUT2D eigenvalue weighted by Crippen LogP contribution is -2.44. The van der Waals surface area contributed by atoms with Gasteiger partial charge in [-0.25, -0.2) is 9.50 Å². The third-order valence-electron chi connectivity index (χ3n) is 4.73. The minimum Gasteiger partial charge on any atom is -0.385 e. The molecule has 1 fully saturated rings. The second-order valence-electron chi connectivity index (χ2n) is 6.62. The number of piperidine rings is 1. The zero-order valence-corrected chi connectivity index (χ0v) is 14.8. The molecule has 0 unspecified atom stereocenters. The quantitative estimate of drug-likeness (QED) is 0.791. The molecule has 1 atom stereocenters. The summed E-state index contributed by atoms with van der Waals surface area (Å²) >= 11 is 0. The highest BCUT2D eigenvalue weighted by atomic mass is 16.5. The molecule has 1 aliphatic heterocycles. The van der Waals surface area contributed by atoms with E-state index in [-0.39, 0.29) is 5.91 Å². The Hall–Kier alpha value is -1.95. The molecule has 1 saturated heterocycles. The average Bonchev–Trinajstić information content (AvgIpc) is 2.99. The van der Waals surface area contributed by atoms with Crippen molar-refractivity contribution in [3.8, 4) is 0 Å². The van der Waals surface area contributed by atoms with Gasteiger partial charge >= 0.3 is 0 Å². The van der Waals surface area contributed by atoms with Crippen LogP contribution in [0.2, 0.25) is 0 Å². The summed E-state index contributed by atoms with van der Waals surface area (Å²) in [5.41, 5.74) is 3.17. The predicted molar refractivity (Wildman–Crippen MR) is 92.2 cm³/mol. The first-order chi connectivity index (χ1) is 11.6. The number of nitrogens with zero attached hydrogens (tertiary/aromatic N) is 4. The Morgan fingerprint density at radius 1 is 1.33 bits per heavy atom. The highest BCUT2D eigenvalue weighted by molar-refractivity contribution is 5.93. The lowest BCUT2D eigenvalue weighted by Gasteiger charge is -2.35. The summed E-state index contributed by atoms with van der Waals surface area (Å²) in [6.45, 7) is 5.50. The summed E-state index contributed by atoms with van der Waals surface area (Å²) < 4.78 is 6.90. The third-order valence-corrected chi connectivity index (χ3v) is 4.73. The molecule has 0 aromatic carbocycles. The van der Waals surface area contributed by atoms with E-state index >= 15 is 0 Å². The maximum atomic E-state index is 13.0. The van der Waals surface area contributed by atoms with E-state index in [1.807, 2.05) is 30.9 Å². The number of likely N-dealkylation sites (tertiary alicyclic amines) is 1. The molecule has 1 amide bonds. The van der Waals surface area contributed by atoms with Crippen molar-refractivity contribution in [3.63, 3.8) is 0 Å². The van der Waals surface area contributed by atoms with Crippen LogP contribution in [0.5, 0.6) is 0 Å². The minimum absolute atomic E-state index is 0.0275. The van der Waals surface area contributed by atoms with E-state index < -0.39 is 0 Å². The summed E-state index contributed by atoms with van der Waals surface area (Å²) in [6.07, 6.45) is 5.29. The van der Waals surface area contributed by atoms with Gasteiger partial charge in [0.2, 0.25) is 0 Å². The normalized spacial score (nSPS) is 18.3. The number of carbonyl (C=O) groups is 1. The molecule has 1 aliphatic rings. The average molecular weight is 330 g/mol. The Bertz CT molecular complexity index is 725. The van der Waals surface area contributed by atoms with Crippen LogP contribution in [0.4, 0.5) is 0 Å². The van der Waals surface area contributed by atoms with E-state index in [9.17, 15) is 4.79 Å². The number of ether oxygens (including phenoxy) is 1. The van der Waals surface area contributed by atoms with Gasteiger partial charge in [-0.1, -0.05) is 0 Å². The Labute approximate surface area is 142 Å². The van der Waals surface area contributed by atoms with Crippen molar-refractivity contribution in [2.24, 2.45) is 0 Å². The molecule has 2 aromatic rings. The Kier molecular flexibility index (Phi) is 5.14. The van der Waals surface area contributed by atoms with Crippen molar-refractivity contribution in [1.82, 2.24) is 19.5 Å². The lowest BCUT2D eigenvalue weighted by atomic mass is 9.97. The predicted octanol–water partition coefficient (Wildman–Crippen LogP) is 2.77. The summed E-state index contributed by atoms with van der Waals surface area (Å²) in [5, 5.41) is 4.50. The molecule has 0 aliphatic carbocycles. The standard InChI is InChI=1S/C18H26N4O2/c1-13-11-14(2)22-17(19-13)12-16(20-22)18(23)21-9-5-4-7-15(21)8-6-10-24-3/h11-12,15H,4-10H2,1-3H3/t15-/m1/s1. The monoisotopic (exact) mass is 330 g/mol. The van der Waals surface area contributed by atoms with E-state index in [1.165, 1.54) is 6.42 Å². The first kappa shape index (κ1) is 16.9. The van der Waals surface area contributed by atoms with Crippen LogP contribution in [0.1, 0.15) is 54.0 Å². The first-order valence-corrected chi connectivity index (χ1v) is 8.74. The molecular formula is C18H26N4O2. The molecule has 0 spiro atoms. The van der Waals surface area contributed by atoms with Crippen LogP contribution < -0.4 is 0 Å². The molecule has 0 N–H and O–H groups in total. The van der Waals surface area contributed by atoms with Gasteiger partial charge in [-0.2, -0.15) is 5.10 Å². The van der Waals surface area contributed by atoms with Gasteiger partial charge in [0.25, 0.3) is 5.91 Å². The van der Waals surface area contributed by atoms with Gasteiger partial charge in [0, 0.05) is 43.8 Å². The van der Waals surface area contributed by atoms with E-state index in [2.05, 4.69) is 10.1 Å². The summed E-state index contributed by atoms with van der Waals surface area (Å²) in [7, 11) is 1.72. The van der Waals surface area contributed by atoms with Gasteiger partial charge < -0.3 is 9.64 Å².